The molecular weight excluding hydrogens is 268 g/mol. The van der Waals surface area contributed by atoms with Crippen LogP contribution in [0.4, 0.5) is 4.79 Å². The Morgan fingerprint density at radius 1 is 1.29 bits per heavy atom. The number of hydrogen-bond acceptors (Lipinski definition) is 4. The summed E-state index contributed by atoms with van der Waals surface area (Å²) in [5.41, 5.74) is -0.443. The van der Waals surface area contributed by atoms with Gasteiger partial charge in [-0.1, -0.05) is 6.42 Å². The minimum atomic E-state index is -0.443. The van der Waals surface area contributed by atoms with E-state index in [4.69, 9.17) is 4.74 Å². The lowest BCUT2D eigenvalue weighted by atomic mass is 10.0. The van der Waals surface area contributed by atoms with Crippen molar-refractivity contribution in [3.8, 4) is 0 Å². The number of amides is 1. The summed E-state index contributed by atoms with van der Waals surface area (Å²) in [6.45, 7) is 8.39. The first-order chi connectivity index (χ1) is 9.90. The highest BCUT2D eigenvalue weighted by Crippen LogP contribution is 2.30. The standard InChI is InChI=1S/C16H30N2O3/c1-16(2,3)21-15(20)18(13-7-8-13)12-14-6-4-5-9-17(14)10-11-19/h13-14,19H,4-12H2,1-3H3. The van der Waals surface area contributed by atoms with E-state index in [1.807, 2.05) is 25.7 Å². The monoisotopic (exact) mass is 298 g/mol. The highest BCUT2D eigenvalue weighted by molar-refractivity contribution is 5.69. The molecule has 5 nitrogen and oxygen atoms in total. The van der Waals surface area contributed by atoms with Gasteiger partial charge in [-0.05, 0) is 53.0 Å². The van der Waals surface area contributed by atoms with Crippen LogP contribution in [-0.2, 0) is 4.74 Å². The van der Waals surface area contributed by atoms with Gasteiger partial charge in [0, 0.05) is 25.2 Å². The SMILES string of the molecule is CC(C)(C)OC(=O)N(CC1CCCCN1CCO)C1CC1. The zero-order valence-corrected chi connectivity index (χ0v) is 13.7. The van der Waals surface area contributed by atoms with Crippen molar-refractivity contribution in [2.75, 3.05) is 26.2 Å². The van der Waals surface area contributed by atoms with Crippen molar-refractivity contribution >= 4 is 6.09 Å². The predicted octanol–water partition coefficient (Wildman–Crippen LogP) is 2.23. The summed E-state index contributed by atoms with van der Waals surface area (Å²) in [6, 6.07) is 0.719. The molecule has 0 spiro atoms. The molecule has 0 aromatic rings. The van der Waals surface area contributed by atoms with Gasteiger partial charge in [0.25, 0.3) is 0 Å². The number of carbonyl (C=O) groups excluding carboxylic acids is 1. The Kier molecular flexibility index (Phi) is 5.49. The highest BCUT2D eigenvalue weighted by atomic mass is 16.6. The third kappa shape index (κ3) is 5.15. The molecule has 2 fully saturated rings. The van der Waals surface area contributed by atoms with Crippen molar-refractivity contribution in [2.45, 2.75) is 70.6 Å². The molecule has 2 rings (SSSR count). The van der Waals surface area contributed by atoms with Crippen molar-refractivity contribution in [3.05, 3.63) is 0 Å². The first kappa shape index (κ1) is 16.6. The van der Waals surface area contributed by atoms with E-state index in [1.54, 1.807) is 0 Å². The van der Waals surface area contributed by atoms with Crippen LogP contribution in [-0.4, -0.2) is 64.9 Å². The molecular formula is C16H30N2O3. The number of piperidine rings is 1. The van der Waals surface area contributed by atoms with E-state index in [1.165, 1.54) is 12.8 Å². The van der Waals surface area contributed by atoms with E-state index in [0.29, 0.717) is 18.6 Å². The van der Waals surface area contributed by atoms with Crippen molar-refractivity contribution in [1.29, 1.82) is 0 Å². The van der Waals surface area contributed by atoms with E-state index in [2.05, 4.69) is 4.90 Å². The van der Waals surface area contributed by atoms with E-state index in [9.17, 15) is 9.90 Å². The first-order valence-corrected chi connectivity index (χ1v) is 8.25. The zero-order chi connectivity index (χ0) is 15.5. The molecule has 1 aliphatic carbocycles. The van der Waals surface area contributed by atoms with E-state index in [-0.39, 0.29) is 12.7 Å². The van der Waals surface area contributed by atoms with Gasteiger partial charge in [-0.15, -0.1) is 0 Å². The maximum Gasteiger partial charge on any atom is 0.410 e. The number of nitrogens with zero attached hydrogens (tertiary/aromatic N) is 2. The van der Waals surface area contributed by atoms with Gasteiger partial charge in [-0.2, -0.15) is 0 Å². The normalized spacial score (nSPS) is 23.9. The first-order valence-electron chi connectivity index (χ1n) is 8.25. The number of rotatable bonds is 5. The number of carbonyl (C=O) groups is 1. The zero-order valence-electron chi connectivity index (χ0n) is 13.7. The third-order valence-electron chi connectivity index (χ3n) is 4.16. The minimum absolute atomic E-state index is 0.181. The summed E-state index contributed by atoms with van der Waals surface area (Å²) in [4.78, 5) is 16.7. The molecule has 0 bridgehead atoms. The van der Waals surface area contributed by atoms with Gasteiger partial charge in [0.05, 0.1) is 6.61 Å². The molecule has 122 valence electrons. The second-order valence-corrected chi connectivity index (χ2v) is 7.27. The van der Waals surface area contributed by atoms with Crippen molar-refractivity contribution < 1.29 is 14.6 Å². The molecule has 1 saturated carbocycles. The average molecular weight is 298 g/mol. The summed E-state index contributed by atoms with van der Waals surface area (Å²) in [6.07, 6.45) is 5.50. The van der Waals surface area contributed by atoms with Crippen LogP contribution >= 0.6 is 0 Å². The van der Waals surface area contributed by atoms with Gasteiger partial charge in [0.1, 0.15) is 5.60 Å². The maximum absolute atomic E-state index is 12.4. The summed E-state index contributed by atoms with van der Waals surface area (Å²) in [5.74, 6) is 0. The number of aliphatic hydroxyl groups excluding tert-OH is 1. The maximum atomic E-state index is 12.4. The molecule has 1 amide bonds. The summed E-state index contributed by atoms with van der Waals surface area (Å²) >= 11 is 0. The fraction of sp³-hybridized carbons (Fsp3) is 0.938. The lowest BCUT2D eigenvalue weighted by Crippen LogP contribution is -2.50. The molecule has 1 N–H and O–H groups in total. The van der Waals surface area contributed by atoms with Crippen LogP contribution in [0, 0.1) is 0 Å². The molecule has 1 aliphatic heterocycles. The number of likely N-dealkylation sites (tertiary alicyclic amines) is 1. The minimum Gasteiger partial charge on any atom is -0.444 e. The topological polar surface area (TPSA) is 53.0 Å². The van der Waals surface area contributed by atoms with Crippen LogP contribution in [0.15, 0.2) is 0 Å². The highest BCUT2D eigenvalue weighted by Gasteiger charge is 2.37. The largest absolute Gasteiger partial charge is 0.444 e. The van der Waals surface area contributed by atoms with Gasteiger partial charge < -0.3 is 14.7 Å². The second kappa shape index (κ2) is 6.97. The van der Waals surface area contributed by atoms with Crippen LogP contribution in [0.25, 0.3) is 0 Å². The average Bonchev–Trinajstić information content (AvgIpc) is 3.20. The van der Waals surface area contributed by atoms with Gasteiger partial charge in [0.15, 0.2) is 0 Å². The predicted molar refractivity (Wildman–Crippen MR) is 82.3 cm³/mol. The second-order valence-electron chi connectivity index (χ2n) is 7.27. The van der Waals surface area contributed by atoms with Crippen LogP contribution in [0.1, 0.15) is 52.9 Å². The van der Waals surface area contributed by atoms with Crippen LogP contribution in [0.2, 0.25) is 0 Å². The quantitative estimate of drug-likeness (QED) is 0.845. The fourth-order valence-electron chi connectivity index (χ4n) is 3.00. The van der Waals surface area contributed by atoms with Gasteiger partial charge >= 0.3 is 6.09 Å². The van der Waals surface area contributed by atoms with Gasteiger partial charge in [-0.25, -0.2) is 4.79 Å². The Bertz CT molecular complexity index is 348. The summed E-state index contributed by atoms with van der Waals surface area (Å²) in [7, 11) is 0. The van der Waals surface area contributed by atoms with E-state index in [0.717, 1.165) is 32.4 Å². The van der Waals surface area contributed by atoms with E-state index < -0.39 is 5.60 Å². The third-order valence-corrected chi connectivity index (χ3v) is 4.16. The molecule has 1 atom stereocenters. The Morgan fingerprint density at radius 3 is 2.57 bits per heavy atom. The smallest absolute Gasteiger partial charge is 0.410 e. The lowest BCUT2D eigenvalue weighted by Gasteiger charge is -2.38. The van der Waals surface area contributed by atoms with Crippen molar-refractivity contribution in [3.63, 3.8) is 0 Å². The Labute approximate surface area is 128 Å². The lowest BCUT2D eigenvalue weighted by molar-refractivity contribution is 0.0127. The molecule has 0 aromatic heterocycles. The van der Waals surface area contributed by atoms with Crippen LogP contribution < -0.4 is 0 Å². The van der Waals surface area contributed by atoms with Crippen molar-refractivity contribution in [1.82, 2.24) is 9.80 Å². The Hall–Kier alpha value is -0.810. The number of β-amino-alcohol motifs (C(OH)–C–C–N with tert-alkyl or cyclic N) is 1. The van der Waals surface area contributed by atoms with Crippen molar-refractivity contribution in [2.24, 2.45) is 0 Å². The molecule has 1 saturated heterocycles. The Morgan fingerprint density at radius 2 is 2.00 bits per heavy atom. The molecule has 0 aromatic carbocycles. The van der Waals surface area contributed by atoms with Gasteiger partial charge in [-0.3, -0.25) is 4.90 Å². The van der Waals surface area contributed by atoms with Crippen LogP contribution in [0.3, 0.4) is 0 Å². The molecule has 21 heavy (non-hydrogen) atoms. The Balaban J connectivity index is 1.96. The van der Waals surface area contributed by atoms with E-state index >= 15 is 0 Å². The fourth-order valence-corrected chi connectivity index (χ4v) is 3.00. The molecule has 1 heterocycles. The summed E-state index contributed by atoms with van der Waals surface area (Å²) < 4.78 is 5.56. The van der Waals surface area contributed by atoms with Crippen LogP contribution in [0.5, 0.6) is 0 Å². The number of ether oxygens (including phenoxy) is 1. The molecule has 5 heteroatoms. The summed E-state index contributed by atoms with van der Waals surface area (Å²) in [5, 5.41) is 9.21. The van der Waals surface area contributed by atoms with Gasteiger partial charge in [0.2, 0.25) is 0 Å². The number of hydrogen-bond donors (Lipinski definition) is 1. The number of aliphatic hydroxyl groups is 1. The molecule has 1 unspecified atom stereocenters. The molecule has 2 aliphatic rings. The molecule has 0 radical (unpaired) electrons.